The molecule has 1 heterocycles. The Bertz CT molecular complexity index is 361. The molecule has 1 aromatic heterocycles. The zero-order valence-corrected chi connectivity index (χ0v) is 8.03. The summed E-state index contributed by atoms with van der Waals surface area (Å²) in [6.45, 7) is 0.508. The molecule has 0 saturated carbocycles. The molecule has 0 radical (unpaired) electrons. The van der Waals surface area contributed by atoms with Crippen molar-refractivity contribution in [2.75, 3.05) is 6.54 Å². The van der Waals surface area contributed by atoms with Crippen molar-refractivity contribution >= 4 is 0 Å². The molecule has 0 aliphatic heterocycles. The molecule has 1 aromatic rings. The zero-order valence-electron chi connectivity index (χ0n) is 8.03. The molecule has 0 atom stereocenters. The van der Waals surface area contributed by atoms with Gasteiger partial charge in [0.15, 0.2) is 0 Å². The van der Waals surface area contributed by atoms with Gasteiger partial charge in [-0.2, -0.15) is 5.10 Å². The third kappa shape index (κ3) is 1.72. The second kappa shape index (κ2) is 4.15. The van der Waals surface area contributed by atoms with Crippen LogP contribution in [0.4, 0.5) is 0 Å². The van der Waals surface area contributed by atoms with Gasteiger partial charge >= 0.3 is 0 Å². The van der Waals surface area contributed by atoms with Gasteiger partial charge < -0.3 is 0 Å². The number of azide groups is 1. The second-order valence-corrected chi connectivity index (χ2v) is 3.54. The average molecular weight is 191 g/mol. The second-order valence-electron chi connectivity index (χ2n) is 3.54. The molecule has 74 valence electrons. The van der Waals surface area contributed by atoms with Crippen LogP contribution in [-0.4, -0.2) is 16.7 Å². The lowest BCUT2D eigenvalue weighted by Gasteiger charge is -2.10. The first-order valence-electron chi connectivity index (χ1n) is 4.97. The molecule has 0 fully saturated rings. The summed E-state index contributed by atoms with van der Waals surface area (Å²) in [5.41, 5.74) is 11.9. The fourth-order valence-electron chi connectivity index (χ4n) is 1.96. The van der Waals surface area contributed by atoms with Crippen LogP contribution in [0.2, 0.25) is 0 Å². The molecule has 2 rings (SSSR count). The minimum absolute atomic E-state index is 0.508. The van der Waals surface area contributed by atoms with Crippen LogP contribution in [-0.2, 0) is 19.3 Å². The summed E-state index contributed by atoms with van der Waals surface area (Å²) < 4.78 is 0. The highest BCUT2D eigenvalue weighted by Crippen LogP contribution is 2.22. The Morgan fingerprint density at radius 2 is 2.29 bits per heavy atom. The number of aromatic amines is 1. The monoisotopic (exact) mass is 191 g/mol. The highest BCUT2D eigenvalue weighted by molar-refractivity contribution is 5.27. The zero-order chi connectivity index (χ0) is 9.80. The fraction of sp³-hybridized carbons (Fsp3) is 0.667. The van der Waals surface area contributed by atoms with Crippen LogP contribution in [0.5, 0.6) is 0 Å². The van der Waals surface area contributed by atoms with Crippen molar-refractivity contribution in [3.8, 4) is 0 Å². The van der Waals surface area contributed by atoms with Crippen LogP contribution < -0.4 is 0 Å². The van der Waals surface area contributed by atoms with Gasteiger partial charge in [-0.1, -0.05) is 5.11 Å². The van der Waals surface area contributed by atoms with Gasteiger partial charge in [0.1, 0.15) is 0 Å². The summed E-state index contributed by atoms with van der Waals surface area (Å²) in [5.74, 6) is 0. The average Bonchev–Trinajstić information content (AvgIpc) is 2.63. The van der Waals surface area contributed by atoms with Crippen LogP contribution >= 0.6 is 0 Å². The first kappa shape index (κ1) is 9.09. The lowest BCUT2D eigenvalue weighted by Crippen LogP contribution is -2.03. The summed E-state index contributed by atoms with van der Waals surface area (Å²) >= 11 is 0. The van der Waals surface area contributed by atoms with E-state index in [-0.39, 0.29) is 0 Å². The quantitative estimate of drug-likeness (QED) is 0.443. The number of nitrogens with one attached hydrogen (secondary N) is 1. The highest BCUT2D eigenvalue weighted by Gasteiger charge is 2.15. The summed E-state index contributed by atoms with van der Waals surface area (Å²) in [7, 11) is 0. The molecule has 1 aliphatic carbocycles. The summed E-state index contributed by atoms with van der Waals surface area (Å²) in [5, 5.41) is 10.9. The van der Waals surface area contributed by atoms with Crippen LogP contribution in [0.1, 0.15) is 29.8 Å². The normalized spacial score (nSPS) is 14.6. The Labute approximate surface area is 82.1 Å². The van der Waals surface area contributed by atoms with E-state index in [1.54, 1.807) is 0 Å². The van der Waals surface area contributed by atoms with Crippen LogP contribution in [0.15, 0.2) is 5.11 Å². The predicted molar refractivity (Wildman–Crippen MR) is 52.9 cm³/mol. The fourth-order valence-corrected chi connectivity index (χ4v) is 1.96. The van der Waals surface area contributed by atoms with Crippen molar-refractivity contribution in [3.63, 3.8) is 0 Å². The maximum atomic E-state index is 8.16. The largest absolute Gasteiger partial charge is 0.282 e. The lowest BCUT2D eigenvalue weighted by molar-refractivity contribution is 0.672. The van der Waals surface area contributed by atoms with Crippen molar-refractivity contribution in [1.29, 1.82) is 0 Å². The van der Waals surface area contributed by atoms with Gasteiger partial charge in [-0.15, -0.1) is 0 Å². The lowest BCUT2D eigenvalue weighted by atomic mass is 9.95. The summed E-state index contributed by atoms with van der Waals surface area (Å²) in [6.07, 6.45) is 5.50. The van der Waals surface area contributed by atoms with E-state index in [2.05, 4.69) is 20.2 Å². The third-order valence-electron chi connectivity index (χ3n) is 2.65. The van der Waals surface area contributed by atoms with Crippen LogP contribution in [0, 0.1) is 0 Å². The molecule has 14 heavy (non-hydrogen) atoms. The van der Waals surface area contributed by atoms with Gasteiger partial charge in [0.2, 0.25) is 0 Å². The van der Waals surface area contributed by atoms with E-state index in [0.717, 1.165) is 25.0 Å². The van der Waals surface area contributed by atoms with Crippen LogP contribution in [0.25, 0.3) is 10.4 Å². The van der Waals surface area contributed by atoms with E-state index < -0.39 is 0 Å². The highest BCUT2D eigenvalue weighted by atomic mass is 15.1. The Morgan fingerprint density at radius 3 is 3.14 bits per heavy atom. The summed E-state index contributed by atoms with van der Waals surface area (Å²) in [4.78, 5) is 2.73. The molecule has 0 aromatic carbocycles. The van der Waals surface area contributed by atoms with Gasteiger partial charge in [-0.3, -0.25) is 5.10 Å². The Kier molecular flexibility index (Phi) is 2.70. The number of hydrogen-bond acceptors (Lipinski definition) is 2. The molecule has 0 amide bonds. The standard InChI is InChI=1S/C9H13N5/c10-14-11-6-5-9-7-3-1-2-4-8(7)12-13-9/h1-6H2,(H,12,13). The van der Waals surface area contributed by atoms with Crippen LogP contribution in [0.3, 0.4) is 0 Å². The van der Waals surface area contributed by atoms with Gasteiger partial charge in [0.05, 0.1) is 5.69 Å². The van der Waals surface area contributed by atoms with Crippen molar-refractivity contribution in [2.24, 2.45) is 5.11 Å². The predicted octanol–water partition coefficient (Wildman–Crippen LogP) is 2.14. The van der Waals surface area contributed by atoms with Gasteiger partial charge in [-0.05, 0) is 43.2 Å². The first-order chi connectivity index (χ1) is 6.92. The first-order valence-corrected chi connectivity index (χ1v) is 4.97. The topological polar surface area (TPSA) is 77.4 Å². The SMILES string of the molecule is [N-]=[N+]=NCCc1n[nH]c2c1CCCC2. The number of H-pyrrole nitrogens is 1. The van der Waals surface area contributed by atoms with E-state index in [4.69, 9.17) is 5.53 Å². The van der Waals surface area contributed by atoms with E-state index in [1.165, 1.54) is 24.1 Å². The number of nitrogens with zero attached hydrogens (tertiary/aromatic N) is 4. The Hall–Kier alpha value is -1.48. The minimum atomic E-state index is 0.508. The molecule has 0 spiro atoms. The number of fused-ring (bicyclic) bond motifs is 1. The third-order valence-corrected chi connectivity index (χ3v) is 2.65. The smallest absolute Gasteiger partial charge is 0.0658 e. The summed E-state index contributed by atoms with van der Waals surface area (Å²) in [6, 6.07) is 0. The van der Waals surface area contributed by atoms with Crippen molar-refractivity contribution < 1.29 is 0 Å². The molecule has 5 nitrogen and oxygen atoms in total. The maximum Gasteiger partial charge on any atom is 0.0658 e. The molecular weight excluding hydrogens is 178 g/mol. The van der Waals surface area contributed by atoms with E-state index in [9.17, 15) is 0 Å². The van der Waals surface area contributed by atoms with Crippen molar-refractivity contribution in [3.05, 3.63) is 27.4 Å². The Morgan fingerprint density at radius 1 is 1.43 bits per heavy atom. The minimum Gasteiger partial charge on any atom is -0.282 e. The molecular formula is C9H13N5. The molecule has 1 aliphatic rings. The van der Waals surface area contributed by atoms with Gasteiger partial charge in [0.25, 0.3) is 0 Å². The van der Waals surface area contributed by atoms with Crippen molar-refractivity contribution in [2.45, 2.75) is 32.1 Å². The number of rotatable bonds is 3. The Balaban J connectivity index is 2.10. The maximum absolute atomic E-state index is 8.16. The molecule has 0 saturated heterocycles. The van der Waals surface area contributed by atoms with E-state index in [1.807, 2.05) is 0 Å². The number of hydrogen-bond donors (Lipinski definition) is 1. The van der Waals surface area contributed by atoms with Gasteiger partial charge in [0, 0.05) is 17.2 Å². The molecule has 1 N–H and O–H groups in total. The molecule has 5 heteroatoms. The van der Waals surface area contributed by atoms with Crippen molar-refractivity contribution in [1.82, 2.24) is 10.2 Å². The number of aromatic nitrogens is 2. The van der Waals surface area contributed by atoms with E-state index >= 15 is 0 Å². The van der Waals surface area contributed by atoms with Gasteiger partial charge in [-0.25, -0.2) is 0 Å². The van der Waals surface area contributed by atoms with E-state index in [0.29, 0.717) is 6.54 Å². The number of aryl methyl sites for hydroxylation is 1. The molecule has 0 unspecified atom stereocenters. The molecule has 0 bridgehead atoms.